The summed E-state index contributed by atoms with van der Waals surface area (Å²) in [5, 5.41) is 8.43. The summed E-state index contributed by atoms with van der Waals surface area (Å²) in [6.45, 7) is 2.50. The molecular formula is C10H11ClN4O. The summed E-state index contributed by atoms with van der Waals surface area (Å²) in [7, 11) is 1.76. The van der Waals surface area contributed by atoms with Crippen LogP contribution in [0.1, 0.15) is 23.1 Å². The molecule has 16 heavy (non-hydrogen) atoms. The molecule has 6 heteroatoms. The van der Waals surface area contributed by atoms with Crippen molar-refractivity contribution in [1.82, 2.24) is 19.6 Å². The first-order valence-electron chi connectivity index (χ1n) is 4.89. The van der Waals surface area contributed by atoms with E-state index in [0.717, 1.165) is 0 Å². The van der Waals surface area contributed by atoms with Gasteiger partial charge in [-0.15, -0.1) is 0 Å². The Kier molecular flexibility index (Phi) is 2.78. The third-order valence-corrected chi connectivity index (χ3v) is 2.53. The van der Waals surface area contributed by atoms with Crippen molar-refractivity contribution in [3.05, 3.63) is 34.9 Å². The topological polar surface area (TPSA) is 52.7 Å². The van der Waals surface area contributed by atoms with Crippen LogP contribution in [0.2, 0.25) is 5.02 Å². The van der Waals surface area contributed by atoms with Crippen LogP contribution in [0.3, 0.4) is 0 Å². The minimum Gasteiger partial charge on any atom is -0.285 e. The van der Waals surface area contributed by atoms with E-state index < -0.39 is 0 Å². The van der Waals surface area contributed by atoms with Gasteiger partial charge in [0.15, 0.2) is 0 Å². The number of ketones is 1. The van der Waals surface area contributed by atoms with E-state index in [2.05, 4.69) is 10.2 Å². The lowest BCUT2D eigenvalue weighted by Crippen LogP contribution is -2.12. The van der Waals surface area contributed by atoms with Crippen molar-refractivity contribution >= 4 is 17.4 Å². The van der Waals surface area contributed by atoms with Gasteiger partial charge in [0.1, 0.15) is 11.4 Å². The van der Waals surface area contributed by atoms with Crippen molar-refractivity contribution in [2.75, 3.05) is 0 Å². The molecule has 0 spiro atoms. The van der Waals surface area contributed by atoms with Crippen molar-refractivity contribution in [2.45, 2.75) is 13.5 Å². The van der Waals surface area contributed by atoms with Crippen LogP contribution in [0.4, 0.5) is 0 Å². The molecule has 0 saturated heterocycles. The Morgan fingerprint density at radius 3 is 2.88 bits per heavy atom. The second kappa shape index (κ2) is 4.09. The summed E-state index contributed by atoms with van der Waals surface area (Å²) in [6.07, 6.45) is 3.19. The molecule has 0 amide bonds. The summed E-state index contributed by atoms with van der Waals surface area (Å²) >= 11 is 5.94. The zero-order chi connectivity index (χ0) is 11.7. The maximum atomic E-state index is 12.1. The molecule has 2 aromatic rings. The molecule has 0 fully saturated rings. The predicted octanol–water partition coefficient (Wildman–Crippen LogP) is 1.52. The number of hydrogen-bond donors (Lipinski definition) is 0. The highest BCUT2D eigenvalue weighted by Gasteiger charge is 2.20. The number of aryl methyl sites for hydroxylation is 2. The highest BCUT2D eigenvalue weighted by atomic mass is 35.5. The molecule has 0 unspecified atom stereocenters. The highest BCUT2D eigenvalue weighted by Crippen LogP contribution is 2.18. The van der Waals surface area contributed by atoms with Crippen LogP contribution in [0, 0.1) is 0 Å². The number of aromatic nitrogens is 4. The molecule has 0 atom stereocenters. The number of carbonyl (C=O) groups excluding carboxylic acids is 1. The highest BCUT2D eigenvalue weighted by molar-refractivity contribution is 6.34. The number of carbonyl (C=O) groups is 1. The molecule has 2 aromatic heterocycles. The molecule has 0 aliphatic rings. The lowest BCUT2D eigenvalue weighted by atomic mass is 10.2. The predicted molar refractivity (Wildman–Crippen MR) is 59.6 cm³/mol. The maximum absolute atomic E-state index is 12.1. The smallest absolute Gasteiger partial charge is 0.232 e. The number of halogens is 1. The zero-order valence-corrected chi connectivity index (χ0v) is 9.77. The van der Waals surface area contributed by atoms with Gasteiger partial charge in [0.25, 0.3) is 0 Å². The Balaban J connectivity index is 2.44. The molecule has 84 valence electrons. The number of rotatable bonds is 3. The Bertz CT molecular complexity index is 529. The second-order valence-corrected chi connectivity index (χ2v) is 3.77. The number of hydrogen-bond acceptors (Lipinski definition) is 3. The van der Waals surface area contributed by atoms with E-state index >= 15 is 0 Å². The van der Waals surface area contributed by atoms with Gasteiger partial charge in [-0.25, -0.2) is 0 Å². The van der Waals surface area contributed by atoms with Gasteiger partial charge in [-0.3, -0.25) is 14.2 Å². The van der Waals surface area contributed by atoms with Gasteiger partial charge in [0, 0.05) is 19.8 Å². The van der Waals surface area contributed by atoms with Crippen molar-refractivity contribution in [1.29, 1.82) is 0 Å². The van der Waals surface area contributed by atoms with Crippen LogP contribution in [0.25, 0.3) is 0 Å². The van der Waals surface area contributed by atoms with Gasteiger partial charge in [0.2, 0.25) is 5.78 Å². The Hall–Kier alpha value is -1.62. The van der Waals surface area contributed by atoms with Crippen molar-refractivity contribution in [3.63, 3.8) is 0 Å². The van der Waals surface area contributed by atoms with E-state index in [4.69, 9.17) is 11.6 Å². The van der Waals surface area contributed by atoms with Crippen LogP contribution in [-0.2, 0) is 13.6 Å². The van der Waals surface area contributed by atoms with Crippen molar-refractivity contribution in [3.8, 4) is 0 Å². The Morgan fingerprint density at radius 2 is 2.31 bits per heavy atom. The monoisotopic (exact) mass is 238 g/mol. The first-order chi connectivity index (χ1) is 7.63. The van der Waals surface area contributed by atoms with Gasteiger partial charge in [-0.1, -0.05) is 11.6 Å². The molecular weight excluding hydrogens is 228 g/mol. The van der Waals surface area contributed by atoms with Gasteiger partial charge >= 0.3 is 0 Å². The summed E-state index contributed by atoms with van der Waals surface area (Å²) in [5.74, 6) is -0.204. The van der Waals surface area contributed by atoms with Gasteiger partial charge in [-0.05, 0) is 13.0 Å². The van der Waals surface area contributed by atoms with E-state index in [1.54, 1.807) is 28.7 Å². The molecule has 5 nitrogen and oxygen atoms in total. The van der Waals surface area contributed by atoms with Crippen molar-refractivity contribution < 1.29 is 4.79 Å². The molecule has 2 rings (SSSR count). The van der Waals surface area contributed by atoms with Gasteiger partial charge in [0.05, 0.1) is 11.2 Å². The largest absolute Gasteiger partial charge is 0.285 e. The summed E-state index contributed by atoms with van der Waals surface area (Å²) in [5.41, 5.74) is 0.766. The van der Waals surface area contributed by atoms with Crippen LogP contribution >= 0.6 is 11.6 Å². The first kappa shape index (κ1) is 10.9. The van der Waals surface area contributed by atoms with Crippen LogP contribution in [-0.4, -0.2) is 25.3 Å². The van der Waals surface area contributed by atoms with Crippen LogP contribution in [0.5, 0.6) is 0 Å². The normalized spacial score (nSPS) is 10.7. The molecule has 0 bridgehead atoms. The third kappa shape index (κ3) is 1.74. The fourth-order valence-corrected chi connectivity index (χ4v) is 1.71. The third-order valence-electron chi connectivity index (χ3n) is 2.26. The summed E-state index contributed by atoms with van der Waals surface area (Å²) < 4.78 is 3.15. The van der Waals surface area contributed by atoms with Gasteiger partial charge in [-0.2, -0.15) is 10.2 Å². The SMILES string of the molecule is CCn1ncc(Cl)c1C(=O)c1ccn(C)n1. The van der Waals surface area contributed by atoms with E-state index in [0.29, 0.717) is 23.0 Å². The molecule has 2 heterocycles. The average molecular weight is 239 g/mol. The maximum Gasteiger partial charge on any atom is 0.232 e. The lowest BCUT2D eigenvalue weighted by Gasteiger charge is -2.02. The molecule has 0 aliphatic carbocycles. The second-order valence-electron chi connectivity index (χ2n) is 3.36. The van der Waals surface area contributed by atoms with Crippen LogP contribution in [0.15, 0.2) is 18.5 Å². The van der Waals surface area contributed by atoms with E-state index in [1.165, 1.54) is 6.20 Å². The fourth-order valence-electron chi connectivity index (χ4n) is 1.49. The molecule has 0 radical (unpaired) electrons. The fraction of sp³-hybridized carbons (Fsp3) is 0.300. The average Bonchev–Trinajstić information content (AvgIpc) is 2.83. The van der Waals surface area contributed by atoms with E-state index in [-0.39, 0.29) is 5.78 Å². The number of nitrogens with zero attached hydrogens (tertiary/aromatic N) is 4. The molecule has 0 N–H and O–H groups in total. The first-order valence-corrected chi connectivity index (χ1v) is 5.27. The Morgan fingerprint density at radius 1 is 1.56 bits per heavy atom. The minimum absolute atomic E-state index is 0.204. The standard InChI is InChI=1S/C10H11ClN4O/c1-3-15-9(7(11)6-12-15)10(16)8-4-5-14(2)13-8/h4-6H,3H2,1-2H3. The zero-order valence-electron chi connectivity index (χ0n) is 9.01. The van der Waals surface area contributed by atoms with Crippen LogP contribution < -0.4 is 0 Å². The molecule has 0 saturated carbocycles. The van der Waals surface area contributed by atoms with Crippen molar-refractivity contribution in [2.24, 2.45) is 7.05 Å². The molecule has 0 aromatic carbocycles. The summed E-state index contributed by atoms with van der Waals surface area (Å²) in [4.78, 5) is 12.1. The van der Waals surface area contributed by atoms with E-state index in [1.807, 2.05) is 6.92 Å². The minimum atomic E-state index is -0.204. The lowest BCUT2D eigenvalue weighted by molar-refractivity contribution is 0.102. The Labute approximate surface area is 97.6 Å². The molecule has 0 aliphatic heterocycles. The van der Waals surface area contributed by atoms with Gasteiger partial charge < -0.3 is 0 Å². The summed E-state index contributed by atoms with van der Waals surface area (Å²) in [6, 6.07) is 1.66. The quantitative estimate of drug-likeness (QED) is 0.762. The van der Waals surface area contributed by atoms with E-state index in [9.17, 15) is 4.79 Å².